The van der Waals surface area contributed by atoms with Crippen LogP contribution in [0.4, 0.5) is 0 Å². The zero-order valence-corrected chi connectivity index (χ0v) is 12.7. The van der Waals surface area contributed by atoms with Gasteiger partial charge in [-0.3, -0.25) is 9.69 Å². The normalized spacial score (nSPS) is 27.4. The van der Waals surface area contributed by atoms with Crippen molar-refractivity contribution < 1.29 is 14.6 Å². The molecule has 5 heteroatoms. The third-order valence-electron chi connectivity index (χ3n) is 4.49. The van der Waals surface area contributed by atoms with Crippen LogP contribution in [0.5, 0.6) is 0 Å². The molecule has 0 aromatic carbocycles. The number of methoxy groups -OCH3 is 1. The highest BCUT2D eigenvalue weighted by molar-refractivity contribution is 5.69. The molecule has 2 fully saturated rings. The van der Waals surface area contributed by atoms with Crippen molar-refractivity contribution in [2.75, 3.05) is 26.8 Å². The van der Waals surface area contributed by atoms with Crippen LogP contribution >= 0.6 is 0 Å². The molecule has 0 bridgehead atoms. The van der Waals surface area contributed by atoms with Crippen molar-refractivity contribution in [2.45, 2.75) is 57.2 Å². The van der Waals surface area contributed by atoms with Crippen LogP contribution in [-0.4, -0.2) is 60.9 Å². The summed E-state index contributed by atoms with van der Waals surface area (Å²) in [6, 6.07) is 1.39. The lowest BCUT2D eigenvalue weighted by molar-refractivity contribution is -0.139. The molecule has 0 aromatic rings. The molecular formula is C15H28N2O3. The zero-order valence-electron chi connectivity index (χ0n) is 12.7. The van der Waals surface area contributed by atoms with Gasteiger partial charge in [0.2, 0.25) is 0 Å². The fraction of sp³-hybridized carbons (Fsp3) is 0.933. The molecule has 2 N–H and O–H groups in total. The highest BCUT2D eigenvalue weighted by atomic mass is 16.5. The Morgan fingerprint density at radius 3 is 2.65 bits per heavy atom. The van der Waals surface area contributed by atoms with Crippen LogP contribution in [0.15, 0.2) is 0 Å². The van der Waals surface area contributed by atoms with Crippen LogP contribution in [0.3, 0.4) is 0 Å². The van der Waals surface area contributed by atoms with Gasteiger partial charge in [0, 0.05) is 31.8 Å². The smallest absolute Gasteiger partial charge is 0.317 e. The number of aliphatic carboxylic acids is 1. The van der Waals surface area contributed by atoms with Gasteiger partial charge < -0.3 is 15.2 Å². The number of carboxylic acids is 1. The summed E-state index contributed by atoms with van der Waals surface area (Å²) < 4.78 is 5.20. The predicted octanol–water partition coefficient (Wildman–Crippen LogP) is 1.33. The Balaban J connectivity index is 1.72. The average Bonchev–Trinajstić information content (AvgIpc) is 3.14. The first-order valence-corrected chi connectivity index (χ1v) is 7.83. The molecule has 0 heterocycles. The van der Waals surface area contributed by atoms with E-state index in [1.54, 1.807) is 7.11 Å². The van der Waals surface area contributed by atoms with Gasteiger partial charge in [0.15, 0.2) is 0 Å². The number of rotatable bonds is 10. The highest BCUT2D eigenvalue weighted by Gasteiger charge is 2.37. The van der Waals surface area contributed by atoms with Crippen LogP contribution in [0.2, 0.25) is 0 Å². The fourth-order valence-corrected chi connectivity index (χ4v) is 2.99. The third kappa shape index (κ3) is 4.72. The second kappa shape index (κ2) is 7.38. The number of nitrogens with zero attached hydrogens (tertiary/aromatic N) is 1. The van der Waals surface area contributed by atoms with Crippen LogP contribution in [0.1, 0.15) is 39.0 Å². The molecule has 1 atom stereocenters. The van der Waals surface area contributed by atoms with Gasteiger partial charge in [0.25, 0.3) is 0 Å². The summed E-state index contributed by atoms with van der Waals surface area (Å²) in [5, 5.41) is 12.6. The summed E-state index contributed by atoms with van der Waals surface area (Å²) in [6.45, 7) is 4.08. The summed E-state index contributed by atoms with van der Waals surface area (Å²) in [6.07, 6.45) is 5.75. The van der Waals surface area contributed by atoms with Crippen molar-refractivity contribution in [1.82, 2.24) is 10.2 Å². The van der Waals surface area contributed by atoms with Crippen LogP contribution in [0.25, 0.3) is 0 Å². The topological polar surface area (TPSA) is 61.8 Å². The largest absolute Gasteiger partial charge is 0.480 e. The lowest BCUT2D eigenvalue weighted by Crippen LogP contribution is -2.56. The molecule has 0 spiro atoms. The second-order valence-electron chi connectivity index (χ2n) is 6.32. The minimum absolute atomic E-state index is 0.198. The zero-order chi connectivity index (χ0) is 14.5. The number of ether oxygens (including phenoxy) is 1. The molecule has 0 aromatic heterocycles. The predicted molar refractivity (Wildman–Crippen MR) is 77.8 cm³/mol. The maximum atomic E-state index is 11.0. The maximum Gasteiger partial charge on any atom is 0.317 e. The van der Waals surface area contributed by atoms with Gasteiger partial charge in [-0.1, -0.05) is 6.92 Å². The monoisotopic (exact) mass is 284 g/mol. The molecule has 0 saturated heterocycles. The number of carbonyl (C=O) groups is 1. The Hall–Kier alpha value is -0.650. The van der Waals surface area contributed by atoms with E-state index in [4.69, 9.17) is 9.84 Å². The average molecular weight is 284 g/mol. The first kappa shape index (κ1) is 15.7. The molecule has 2 rings (SSSR count). The van der Waals surface area contributed by atoms with E-state index in [9.17, 15) is 4.79 Å². The highest BCUT2D eigenvalue weighted by Crippen LogP contribution is 2.33. The lowest BCUT2D eigenvalue weighted by Gasteiger charge is -2.44. The third-order valence-corrected chi connectivity index (χ3v) is 4.49. The Morgan fingerprint density at radius 2 is 2.15 bits per heavy atom. The van der Waals surface area contributed by atoms with Crippen molar-refractivity contribution in [3.05, 3.63) is 0 Å². The fourth-order valence-electron chi connectivity index (χ4n) is 2.99. The van der Waals surface area contributed by atoms with Gasteiger partial charge in [0.05, 0.1) is 13.2 Å². The second-order valence-corrected chi connectivity index (χ2v) is 6.32. The van der Waals surface area contributed by atoms with E-state index in [-0.39, 0.29) is 6.54 Å². The van der Waals surface area contributed by atoms with Gasteiger partial charge in [-0.25, -0.2) is 0 Å². The number of carboxylic acid groups (broad SMARTS) is 1. The van der Waals surface area contributed by atoms with E-state index < -0.39 is 5.97 Å². The maximum absolute atomic E-state index is 11.0. The Bertz CT molecular complexity index is 314. The van der Waals surface area contributed by atoms with Crippen molar-refractivity contribution in [2.24, 2.45) is 5.92 Å². The van der Waals surface area contributed by atoms with Crippen LogP contribution in [-0.2, 0) is 9.53 Å². The Morgan fingerprint density at radius 1 is 1.45 bits per heavy atom. The molecule has 2 aliphatic rings. The minimum Gasteiger partial charge on any atom is -0.480 e. The summed E-state index contributed by atoms with van der Waals surface area (Å²) in [4.78, 5) is 13.1. The molecule has 0 amide bonds. The Kier molecular flexibility index (Phi) is 5.81. The Labute approximate surface area is 121 Å². The number of hydrogen-bond acceptors (Lipinski definition) is 4. The SMILES string of the molecule is CCC(COC)NC1CC(N(CC(=O)O)CC2CC2)C1. The first-order valence-electron chi connectivity index (χ1n) is 7.83. The molecule has 116 valence electrons. The van der Waals surface area contributed by atoms with E-state index in [0.717, 1.165) is 38.3 Å². The van der Waals surface area contributed by atoms with Gasteiger partial charge in [-0.15, -0.1) is 0 Å². The molecule has 0 aliphatic heterocycles. The molecule has 2 saturated carbocycles. The van der Waals surface area contributed by atoms with Gasteiger partial charge in [-0.2, -0.15) is 0 Å². The van der Waals surface area contributed by atoms with E-state index in [1.165, 1.54) is 12.8 Å². The van der Waals surface area contributed by atoms with Crippen molar-refractivity contribution in [1.29, 1.82) is 0 Å². The lowest BCUT2D eigenvalue weighted by atomic mass is 9.84. The molecule has 0 radical (unpaired) electrons. The van der Waals surface area contributed by atoms with E-state index in [1.807, 2.05) is 0 Å². The summed E-state index contributed by atoms with van der Waals surface area (Å²) in [7, 11) is 1.73. The van der Waals surface area contributed by atoms with E-state index >= 15 is 0 Å². The van der Waals surface area contributed by atoms with Gasteiger partial charge >= 0.3 is 5.97 Å². The van der Waals surface area contributed by atoms with Crippen LogP contribution in [0, 0.1) is 5.92 Å². The summed E-state index contributed by atoms with van der Waals surface area (Å²) in [5.74, 6) is 0.0473. The van der Waals surface area contributed by atoms with Gasteiger partial charge in [0.1, 0.15) is 0 Å². The quantitative estimate of drug-likeness (QED) is 0.634. The minimum atomic E-state index is -0.701. The molecule has 20 heavy (non-hydrogen) atoms. The van der Waals surface area contributed by atoms with Gasteiger partial charge in [-0.05, 0) is 38.0 Å². The summed E-state index contributed by atoms with van der Waals surface area (Å²) >= 11 is 0. The summed E-state index contributed by atoms with van der Waals surface area (Å²) in [5.41, 5.74) is 0. The van der Waals surface area contributed by atoms with Crippen molar-refractivity contribution in [3.8, 4) is 0 Å². The first-order chi connectivity index (χ1) is 9.62. The molecule has 5 nitrogen and oxygen atoms in total. The number of hydrogen-bond donors (Lipinski definition) is 2. The molecular weight excluding hydrogens is 256 g/mol. The van der Waals surface area contributed by atoms with Crippen LogP contribution < -0.4 is 5.32 Å². The molecule has 1 unspecified atom stereocenters. The molecule has 2 aliphatic carbocycles. The standard InChI is InChI=1S/C15H28N2O3/c1-3-12(10-20-2)16-13-6-14(7-13)17(9-15(18)19)8-11-4-5-11/h11-14,16H,3-10H2,1-2H3,(H,18,19). The van der Waals surface area contributed by atoms with E-state index in [2.05, 4.69) is 17.1 Å². The number of nitrogens with one attached hydrogen (secondary N) is 1. The van der Waals surface area contributed by atoms with Crippen molar-refractivity contribution in [3.63, 3.8) is 0 Å². The van der Waals surface area contributed by atoms with Crippen molar-refractivity contribution >= 4 is 5.97 Å². The van der Waals surface area contributed by atoms with E-state index in [0.29, 0.717) is 18.1 Å².